The zero-order chi connectivity index (χ0) is 15.2. The van der Waals surface area contributed by atoms with Gasteiger partial charge in [-0.15, -0.1) is 0 Å². The SMILES string of the molecule is O=C(O)c1cccc(NCCc2ccccc2B(O)O)c1. The van der Waals surface area contributed by atoms with Gasteiger partial charge in [0.15, 0.2) is 0 Å². The van der Waals surface area contributed by atoms with Crippen molar-refractivity contribution in [3.8, 4) is 0 Å². The Hall–Kier alpha value is -2.31. The highest BCUT2D eigenvalue weighted by atomic mass is 16.4. The lowest BCUT2D eigenvalue weighted by Gasteiger charge is -2.10. The third kappa shape index (κ3) is 4.08. The zero-order valence-corrected chi connectivity index (χ0v) is 11.4. The van der Waals surface area contributed by atoms with Gasteiger partial charge in [0.2, 0.25) is 0 Å². The summed E-state index contributed by atoms with van der Waals surface area (Å²) in [6, 6.07) is 13.7. The Kier molecular flexibility index (Phi) is 4.97. The van der Waals surface area contributed by atoms with Gasteiger partial charge < -0.3 is 20.5 Å². The summed E-state index contributed by atoms with van der Waals surface area (Å²) in [5.41, 5.74) is 2.27. The molecule has 0 atom stereocenters. The van der Waals surface area contributed by atoms with E-state index in [0.717, 1.165) is 11.3 Å². The maximum atomic E-state index is 10.9. The first kappa shape index (κ1) is 15.1. The molecule has 0 aliphatic rings. The van der Waals surface area contributed by atoms with E-state index in [1.165, 1.54) is 6.07 Å². The summed E-state index contributed by atoms with van der Waals surface area (Å²) in [5.74, 6) is -0.965. The normalized spacial score (nSPS) is 10.2. The largest absolute Gasteiger partial charge is 0.488 e. The lowest BCUT2D eigenvalue weighted by molar-refractivity contribution is 0.0697. The molecule has 0 spiro atoms. The average Bonchev–Trinajstić information content (AvgIpc) is 2.48. The second kappa shape index (κ2) is 6.92. The van der Waals surface area contributed by atoms with Gasteiger partial charge in [-0.3, -0.25) is 0 Å². The van der Waals surface area contributed by atoms with Gasteiger partial charge in [0.1, 0.15) is 0 Å². The molecule has 5 nitrogen and oxygen atoms in total. The van der Waals surface area contributed by atoms with Gasteiger partial charge in [-0.1, -0.05) is 30.3 Å². The van der Waals surface area contributed by atoms with Crippen molar-refractivity contribution in [3.05, 3.63) is 59.7 Å². The molecule has 0 radical (unpaired) electrons. The van der Waals surface area contributed by atoms with Gasteiger partial charge in [0.05, 0.1) is 5.56 Å². The summed E-state index contributed by atoms with van der Waals surface area (Å²) >= 11 is 0. The van der Waals surface area contributed by atoms with Crippen molar-refractivity contribution in [2.45, 2.75) is 6.42 Å². The number of aromatic carboxylic acids is 1. The molecule has 0 saturated heterocycles. The number of hydrogen-bond acceptors (Lipinski definition) is 4. The lowest BCUT2D eigenvalue weighted by Crippen LogP contribution is -2.33. The van der Waals surface area contributed by atoms with Crippen LogP contribution in [0, 0.1) is 0 Å². The number of rotatable bonds is 6. The molecule has 2 aromatic rings. The van der Waals surface area contributed by atoms with Crippen LogP contribution in [0.1, 0.15) is 15.9 Å². The van der Waals surface area contributed by atoms with Crippen molar-refractivity contribution in [2.75, 3.05) is 11.9 Å². The topological polar surface area (TPSA) is 89.8 Å². The highest BCUT2D eigenvalue weighted by molar-refractivity contribution is 6.59. The van der Waals surface area contributed by atoms with Crippen LogP contribution in [0.25, 0.3) is 0 Å². The number of carbonyl (C=O) groups is 1. The van der Waals surface area contributed by atoms with Crippen LogP contribution < -0.4 is 10.8 Å². The Morgan fingerprint density at radius 2 is 1.86 bits per heavy atom. The molecule has 4 N–H and O–H groups in total. The number of carboxylic acid groups (broad SMARTS) is 1. The van der Waals surface area contributed by atoms with E-state index in [-0.39, 0.29) is 5.56 Å². The highest BCUT2D eigenvalue weighted by Gasteiger charge is 2.14. The third-order valence-corrected chi connectivity index (χ3v) is 3.17. The second-order valence-electron chi connectivity index (χ2n) is 4.64. The molecule has 0 aromatic heterocycles. The molecule has 0 fully saturated rings. The fourth-order valence-electron chi connectivity index (χ4n) is 2.12. The van der Waals surface area contributed by atoms with Gasteiger partial charge in [0, 0.05) is 12.2 Å². The Morgan fingerprint density at radius 1 is 1.10 bits per heavy atom. The predicted molar refractivity (Wildman–Crippen MR) is 81.9 cm³/mol. The molecule has 108 valence electrons. The molecule has 2 aromatic carbocycles. The van der Waals surface area contributed by atoms with Gasteiger partial charge in [-0.2, -0.15) is 0 Å². The minimum absolute atomic E-state index is 0.228. The first-order valence-corrected chi connectivity index (χ1v) is 6.59. The molecule has 0 amide bonds. The van der Waals surface area contributed by atoms with Crippen molar-refractivity contribution in [2.24, 2.45) is 0 Å². The van der Waals surface area contributed by atoms with Crippen LogP contribution in [0.5, 0.6) is 0 Å². The molecular weight excluding hydrogens is 269 g/mol. The number of carboxylic acids is 1. The summed E-state index contributed by atoms with van der Waals surface area (Å²) in [4.78, 5) is 10.9. The standard InChI is InChI=1S/C15H16BNO4/c18-15(19)12-5-3-6-13(10-12)17-9-8-11-4-1-2-7-14(11)16(20)21/h1-7,10,17,20-21H,8-9H2,(H,18,19). The van der Waals surface area contributed by atoms with Crippen LogP contribution >= 0.6 is 0 Å². The summed E-state index contributed by atoms with van der Waals surface area (Å²) in [7, 11) is -1.49. The van der Waals surface area contributed by atoms with Crippen LogP contribution in [0.2, 0.25) is 0 Å². The van der Waals surface area contributed by atoms with E-state index < -0.39 is 13.1 Å². The first-order valence-electron chi connectivity index (χ1n) is 6.59. The molecule has 0 aliphatic heterocycles. The number of hydrogen-bond donors (Lipinski definition) is 4. The van der Waals surface area contributed by atoms with Crippen molar-refractivity contribution < 1.29 is 19.9 Å². The Bertz CT molecular complexity index is 631. The van der Waals surface area contributed by atoms with Crippen LogP contribution in [0.15, 0.2) is 48.5 Å². The summed E-state index contributed by atoms with van der Waals surface area (Å²) in [5, 5.41) is 30.6. The maximum Gasteiger partial charge on any atom is 0.488 e. The van der Waals surface area contributed by atoms with Gasteiger partial charge in [-0.25, -0.2) is 4.79 Å². The molecule has 2 rings (SSSR count). The minimum Gasteiger partial charge on any atom is -0.478 e. The van der Waals surface area contributed by atoms with Crippen LogP contribution in [0.4, 0.5) is 5.69 Å². The van der Waals surface area contributed by atoms with E-state index in [0.29, 0.717) is 18.4 Å². The van der Waals surface area contributed by atoms with E-state index in [4.69, 9.17) is 5.11 Å². The Balaban J connectivity index is 1.99. The maximum absolute atomic E-state index is 10.9. The molecule has 0 unspecified atom stereocenters. The van der Waals surface area contributed by atoms with Crippen molar-refractivity contribution in [3.63, 3.8) is 0 Å². The third-order valence-electron chi connectivity index (χ3n) is 3.17. The summed E-state index contributed by atoms with van der Waals surface area (Å²) in [6.45, 7) is 0.562. The molecule has 0 saturated carbocycles. The zero-order valence-electron chi connectivity index (χ0n) is 11.4. The summed E-state index contributed by atoms with van der Waals surface area (Å²) < 4.78 is 0. The first-order chi connectivity index (χ1) is 10.1. The fourth-order valence-corrected chi connectivity index (χ4v) is 2.12. The fraction of sp³-hybridized carbons (Fsp3) is 0.133. The van der Waals surface area contributed by atoms with E-state index in [9.17, 15) is 14.8 Å². The Labute approximate surface area is 123 Å². The second-order valence-corrected chi connectivity index (χ2v) is 4.64. The van der Waals surface area contributed by atoms with E-state index in [2.05, 4.69) is 5.32 Å². The molecule has 21 heavy (non-hydrogen) atoms. The van der Waals surface area contributed by atoms with Crippen molar-refractivity contribution in [1.82, 2.24) is 0 Å². The van der Waals surface area contributed by atoms with E-state index >= 15 is 0 Å². The minimum atomic E-state index is -1.49. The van der Waals surface area contributed by atoms with Crippen molar-refractivity contribution >= 4 is 24.2 Å². The number of anilines is 1. The number of benzene rings is 2. The van der Waals surface area contributed by atoms with Gasteiger partial charge in [0.25, 0.3) is 0 Å². The van der Waals surface area contributed by atoms with Crippen LogP contribution in [-0.4, -0.2) is 34.8 Å². The van der Waals surface area contributed by atoms with Crippen LogP contribution in [-0.2, 0) is 6.42 Å². The van der Waals surface area contributed by atoms with Crippen LogP contribution in [0.3, 0.4) is 0 Å². The van der Waals surface area contributed by atoms with Gasteiger partial charge in [-0.05, 0) is 35.6 Å². The lowest BCUT2D eigenvalue weighted by atomic mass is 9.76. The molecule has 0 heterocycles. The molecule has 0 aliphatic carbocycles. The summed E-state index contributed by atoms with van der Waals surface area (Å²) in [6.07, 6.45) is 0.602. The van der Waals surface area contributed by atoms with Gasteiger partial charge >= 0.3 is 13.1 Å². The molecular formula is C15H16BNO4. The smallest absolute Gasteiger partial charge is 0.478 e. The average molecular weight is 285 g/mol. The quantitative estimate of drug-likeness (QED) is 0.587. The highest BCUT2D eigenvalue weighted by Crippen LogP contribution is 2.10. The predicted octanol–water partition coefficient (Wildman–Crippen LogP) is 0.719. The van der Waals surface area contributed by atoms with E-state index in [1.807, 2.05) is 12.1 Å². The van der Waals surface area contributed by atoms with E-state index in [1.54, 1.807) is 30.3 Å². The molecule has 6 heteroatoms. The Morgan fingerprint density at radius 3 is 2.57 bits per heavy atom. The molecule has 0 bridgehead atoms. The number of nitrogens with one attached hydrogen (secondary N) is 1. The van der Waals surface area contributed by atoms with Crippen molar-refractivity contribution in [1.29, 1.82) is 0 Å². The monoisotopic (exact) mass is 285 g/mol.